The van der Waals surface area contributed by atoms with Gasteiger partial charge in [-0.05, 0) is 30.8 Å². The van der Waals surface area contributed by atoms with Gasteiger partial charge in [-0.1, -0.05) is 23.7 Å². The highest BCUT2D eigenvalue weighted by atomic mass is 35.5. The van der Waals surface area contributed by atoms with Crippen LogP contribution in [0.25, 0.3) is 0 Å². The Hall–Kier alpha value is -2.55. The number of nitrogens with one attached hydrogen (secondary N) is 1. The van der Waals surface area contributed by atoms with Gasteiger partial charge in [-0.25, -0.2) is 4.39 Å². The molecule has 7 nitrogen and oxygen atoms in total. The van der Waals surface area contributed by atoms with E-state index in [4.69, 9.17) is 11.6 Å². The number of rotatable bonds is 6. The summed E-state index contributed by atoms with van der Waals surface area (Å²) in [4.78, 5) is 27.4. The molecule has 29 heavy (non-hydrogen) atoms. The number of nitro groups is 1. The van der Waals surface area contributed by atoms with Crippen LogP contribution in [0.5, 0.6) is 0 Å². The molecule has 0 saturated carbocycles. The van der Waals surface area contributed by atoms with Crippen molar-refractivity contribution in [2.75, 3.05) is 39.8 Å². The highest BCUT2D eigenvalue weighted by Gasteiger charge is 2.25. The average molecular weight is 421 g/mol. The van der Waals surface area contributed by atoms with Crippen LogP contribution in [-0.4, -0.2) is 60.4 Å². The van der Waals surface area contributed by atoms with Crippen LogP contribution in [0.3, 0.4) is 0 Å². The Bertz CT molecular complexity index is 886. The first-order valence-electron chi connectivity index (χ1n) is 9.25. The standard InChI is InChI=1S/C20H22ClFN4O3/c1-24-8-10-25(11-9-24)19(14-2-4-15(22)5-3-14)13-23-20(27)17-7-6-16(26(28)29)12-18(17)21/h2-7,12,19H,8-11,13H2,1H3,(H,23,27)/t19-/m1/s1. The fourth-order valence-corrected chi connectivity index (χ4v) is 3.62. The maximum absolute atomic E-state index is 13.4. The number of halogens is 2. The predicted octanol–water partition coefficient (Wildman–Crippen LogP) is 3.11. The number of benzene rings is 2. The molecular formula is C20H22ClFN4O3. The van der Waals surface area contributed by atoms with Crippen LogP contribution in [0.15, 0.2) is 42.5 Å². The Morgan fingerprint density at radius 2 is 1.86 bits per heavy atom. The van der Waals surface area contributed by atoms with Crippen molar-refractivity contribution in [1.82, 2.24) is 15.1 Å². The van der Waals surface area contributed by atoms with Gasteiger partial charge in [0.15, 0.2) is 0 Å². The molecule has 0 spiro atoms. The normalized spacial score (nSPS) is 16.4. The van der Waals surface area contributed by atoms with Gasteiger partial charge in [-0.15, -0.1) is 0 Å². The van der Waals surface area contributed by atoms with Gasteiger partial charge in [0.05, 0.1) is 21.6 Å². The van der Waals surface area contributed by atoms with Gasteiger partial charge in [-0.3, -0.25) is 19.8 Å². The Balaban J connectivity index is 1.75. The summed E-state index contributed by atoms with van der Waals surface area (Å²) in [5, 5.41) is 13.7. The van der Waals surface area contributed by atoms with Crippen LogP contribution in [0.2, 0.25) is 5.02 Å². The van der Waals surface area contributed by atoms with Crippen molar-refractivity contribution in [3.05, 3.63) is 74.5 Å². The van der Waals surface area contributed by atoms with Crippen molar-refractivity contribution in [2.24, 2.45) is 0 Å². The molecule has 1 fully saturated rings. The fraction of sp³-hybridized carbons (Fsp3) is 0.350. The Morgan fingerprint density at radius 1 is 1.21 bits per heavy atom. The fourth-order valence-electron chi connectivity index (χ4n) is 3.36. The molecule has 9 heteroatoms. The van der Waals surface area contributed by atoms with Crippen LogP contribution in [0.1, 0.15) is 22.0 Å². The molecule has 1 saturated heterocycles. The van der Waals surface area contributed by atoms with E-state index in [1.807, 2.05) is 0 Å². The molecule has 0 bridgehead atoms. The lowest BCUT2D eigenvalue weighted by atomic mass is 10.0. The summed E-state index contributed by atoms with van der Waals surface area (Å²) < 4.78 is 13.4. The minimum absolute atomic E-state index is 0.0228. The summed E-state index contributed by atoms with van der Waals surface area (Å²) >= 11 is 6.06. The average Bonchev–Trinajstić information content (AvgIpc) is 2.70. The largest absolute Gasteiger partial charge is 0.350 e. The first kappa shape index (κ1) is 21.2. The number of carbonyl (C=O) groups is 1. The minimum atomic E-state index is -0.564. The molecule has 1 aliphatic heterocycles. The van der Waals surface area contributed by atoms with Crippen molar-refractivity contribution in [3.63, 3.8) is 0 Å². The number of likely N-dealkylation sites (N-methyl/N-ethyl adjacent to an activating group) is 1. The van der Waals surface area contributed by atoms with Crippen molar-refractivity contribution < 1.29 is 14.1 Å². The highest BCUT2D eigenvalue weighted by Crippen LogP contribution is 2.24. The van der Waals surface area contributed by atoms with Gasteiger partial charge in [0, 0.05) is 44.9 Å². The van der Waals surface area contributed by atoms with Crippen LogP contribution in [0.4, 0.5) is 10.1 Å². The van der Waals surface area contributed by atoms with E-state index in [9.17, 15) is 19.3 Å². The second-order valence-electron chi connectivity index (χ2n) is 7.04. The summed E-state index contributed by atoms with van der Waals surface area (Å²) in [5.41, 5.74) is 0.910. The number of hydrogen-bond donors (Lipinski definition) is 1. The van der Waals surface area contributed by atoms with E-state index in [-0.39, 0.29) is 28.1 Å². The summed E-state index contributed by atoms with van der Waals surface area (Å²) in [6, 6.07) is 9.91. The van der Waals surface area contributed by atoms with Crippen molar-refractivity contribution in [2.45, 2.75) is 6.04 Å². The summed E-state index contributed by atoms with van der Waals surface area (Å²) in [5.74, 6) is -0.723. The molecule has 0 aliphatic carbocycles. The molecule has 1 N–H and O–H groups in total. The van der Waals surface area contributed by atoms with Gasteiger partial charge in [-0.2, -0.15) is 0 Å². The monoisotopic (exact) mass is 420 g/mol. The lowest BCUT2D eigenvalue weighted by Crippen LogP contribution is -2.48. The number of nitrogens with zero attached hydrogens (tertiary/aromatic N) is 3. The van der Waals surface area contributed by atoms with Crippen LogP contribution >= 0.6 is 11.6 Å². The molecule has 1 amide bonds. The van der Waals surface area contributed by atoms with Crippen LogP contribution in [-0.2, 0) is 0 Å². The molecule has 2 aromatic carbocycles. The zero-order valence-electron chi connectivity index (χ0n) is 16.0. The number of hydrogen-bond acceptors (Lipinski definition) is 5. The Kier molecular flexibility index (Phi) is 6.79. The van der Waals surface area contributed by atoms with Crippen molar-refractivity contribution in [3.8, 4) is 0 Å². The molecule has 0 aromatic heterocycles. The van der Waals surface area contributed by atoms with E-state index in [0.717, 1.165) is 37.8 Å². The third-order valence-corrected chi connectivity index (χ3v) is 5.41. The molecule has 154 valence electrons. The topological polar surface area (TPSA) is 78.7 Å². The summed E-state index contributed by atoms with van der Waals surface area (Å²) in [6.45, 7) is 3.76. The van der Waals surface area contributed by atoms with Gasteiger partial charge in [0.25, 0.3) is 11.6 Å². The number of piperazine rings is 1. The summed E-state index contributed by atoms with van der Waals surface area (Å²) in [6.07, 6.45) is 0. The number of nitro benzene ring substituents is 1. The van der Waals surface area contributed by atoms with E-state index in [1.165, 1.54) is 24.3 Å². The molecule has 1 heterocycles. The SMILES string of the molecule is CN1CCN([C@H](CNC(=O)c2ccc([N+](=O)[O-])cc2Cl)c2ccc(F)cc2)CC1. The molecule has 1 atom stereocenters. The second kappa shape index (κ2) is 9.30. The Morgan fingerprint density at radius 3 is 2.45 bits per heavy atom. The third-order valence-electron chi connectivity index (χ3n) is 5.10. The molecule has 0 radical (unpaired) electrons. The number of non-ortho nitro benzene ring substituents is 1. The quantitative estimate of drug-likeness (QED) is 0.574. The van der Waals surface area contributed by atoms with Gasteiger partial charge >= 0.3 is 0 Å². The van der Waals surface area contributed by atoms with Gasteiger partial charge < -0.3 is 10.2 Å². The first-order valence-corrected chi connectivity index (χ1v) is 9.63. The van der Waals surface area contributed by atoms with E-state index in [0.29, 0.717) is 6.54 Å². The van der Waals surface area contributed by atoms with E-state index < -0.39 is 10.8 Å². The third kappa shape index (κ3) is 5.29. The number of amides is 1. The molecule has 0 unspecified atom stereocenters. The molecule has 2 aromatic rings. The summed E-state index contributed by atoms with van der Waals surface area (Å²) in [7, 11) is 2.06. The number of carbonyl (C=O) groups excluding carboxylic acids is 1. The van der Waals surface area contributed by atoms with Gasteiger partial charge in [0.1, 0.15) is 5.82 Å². The van der Waals surface area contributed by atoms with Crippen LogP contribution < -0.4 is 5.32 Å². The lowest BCUT2D eigenvalue weighted by Gasteiger charge is -2.38. The maximum atomic E-state index is 13.4. The molecule has 3 rings (SSSR count). The Labute approximate surface area is 173 Å². The lowest BCUT2D eigenvalue weighted by molar-refractivity contribution is -0.384. The molecular weight excluding hydrogens is 399 g/mol. The first-order chi connectivity index (χ1) is 13.8. The van der Waals surface area contributed by atoms with Crippen LogP contribution in [0, 0.1) is 15.9 Å². The maximum Gasteiger partial charge on any atom is 0.270 e. The van der Waals surface area contributed by atoms with E-state index in [1.54, 1.807) is 12.1 Å². The zero-order valence-corrected chi connectivity index (χ0v) is 16.7. The second-order valence-corrected chi connectivity index (χ2v) is 7.45. The zero-order chi connectivity index (χ0) is 21.0. The predicted molar refractivity (Wildman–Crippen MR) is 109 cm³/mol. The van der Waals surface area contributed by atoms with Crippen molar-refractivity contribution in [1.29, 1.82) is 0 Å². The van der Waals surface area contributed by atoms with E-state index >= 15 is 0 Å². The minimum Gasteiger partial charge on any atom is -0.350 e. The van der Waals surface area contributed by atoms with Gasteiger partial charge in [0.2, 0.25) is 0 Å². The molecule has 1 aliphatic rings. The smallest absolute Gasteiger partial charge is 0.270 e. The van der Waals surface area contributed by atoms with E-state index in [2.05, 4.69) is 22.2 Å². The van der Waals surface area contributed by atoms with Crippen molar-refractivity contribution >= 4 is 23.2 Å². The highest BCUT2D eigenvalue weighted by molar-refractivity contribution is 6.34.